The van der Waals surface area contributed by atoms with Crippen molar-refractivity contribution >= 4 is 23.6 Å². The molecule has 0 spiro atoms. The highest BCUT2D eigenvalue weighted by molar-refractivity contribution is 6.00. The number of anilines is 1. The van der Waals surface area contributed by atoms with E-state index in [1.807, 2.05) is 37.3 Å². The number of aryl methyl sites for hydroxylation is 1. The molecule has 0 aliphatic rings. The lowest BCUT2D eigenvalue weighted by atomic mass is 10.2. The van der Waals surface area contributed by atoms with Gasteiger partial charge in [-0.1, -0.05) is 36.4 Å². The van der Waals surface area contributed by atoms with E-state index in [0.29, 0.717) is 5.69 Å². The standard InChI is InChI=1S/C19H20N2O3/c1-13-8-10-16(17(22)12-13)21-19(24)14(2)20-18(23)11-9-15-6-4-3-5-7-15/h3-12,14,22H,1-2H3,(H,20,23)(H,21,24)/b11-9+. The van der Waals surface area contributed by atoms with Crippen molar-refractivity contribution in [3.8, 4) is 5.75 Å². The summed E-state index contributed by atoms with van der Waals surface area (Å²) in [7, 11) is 0. The quantitative estimate of drug-likeness (QED) is 0.584. The van der Waals surface area contributed by atoms with Crippen LogP contribution < -0.4 is 10.6 Å². The molecule has 24 heavy (non-hydrogen) atoms. The van der Waals surface area contributed by atoms with E-state index in [1.54, 1.807) is 31.2 Å². The zero-order chi connectivity index (χ0) is 17.5. The molecule has 5 nitrogen and oxygen atoms in total. The van der Waals surface area contributed by atoms with Crippen LogP contribution in [-0.4, -0.2) is 23.0 Å². The van der Waals surface area contributed by atoms with Crippen LogP contribution in [0, 0.1) is 6.92 Å². The maximum atomic E-state index is 12.1. The molecule has 0 aromatic heterocycles. The first kappa shape index (κ1) is 17.3. The van der Waals surface area contributed by atoms with Crippen molar-refractivity contribution in [2.24, 2.45) is 0 Å². The van der Waals surface area contributed by atoms with Gasteiger partial charge in [0, 0.05) is 6.08 Å². The van der Waals surface area contributed by atoms with Gasteiger partial charge in [0.2, 0.25) is 11.8 Å². The first-order chi connectivity index (χ1) is 11.5. The van der Waals surface area contributed by atoms with Gasteiger partial charge < -0.3 is 15.7 Å². The SMILES string of the molecule is Cc1ccc(NC(=O)C(C)NC(=O)/C=C/c2ccccc2)c(O)c1. The molecule has 0 radical (unpaired) electrons. The summed E-state index contributed by atoms with van der Waals surface area (Å²) in [4.78, 5) is 24.0. The maximum Gasteiger partial charge on any atom is 0.246 e. The molecule has 1 atom stereocenters. The van der Waals surface area contributed by atoms with Crippen LogP contribution in [0.5, 0.6) is 5.75 Å². The molecule has 2 aromatic carbocycles. The van der Waals surface area contributed by atoms with Gasteiger partial charge in [0.05, 0.1) is 5.69 Å². The van der Waals surface area contributed by atoms with Gasteiger partial charge in [0.25, 0.3) is 0 Å². The second kappa shape index (κ2) is 7.97. The highest BCUT2D eigenvalue weighted by Gasteiger charge is 2.15. The van der Waals surface area contributed by atoms with Crippen LogP contribution in [0.3, 0.4) is 0 Å². The fraction of sp³-hybridized carbons (Fsp3) is 0.158. The average Bonchev–Trinajstić information content (AvgIpc) is 2.56. The smallest absolute Gasteiger partial charge is 0.246 e. The lowest BCUT2D eigenvalue weighted by molar-refractivity contribution is -0.123. The van der Waals surface area contributed by atoms with E-state index in [4.69, 9.17) is 0 Å². The second-order valence-electron chi connectivity index (χ2n) is 5.48. The lowest BCUT2D eigenvalue weighted by Gasteiger charge is -2.14. The van der Waals surface area contributed by atoms with Crippen LogP contribution in [0.1, 0.15) is 18.1 Å². The minimum Gasteiger partial charge on any atom is -0.506 e. The predicted molar refractivity (Wildman–Crippen MR) is 94.6 cm³/mol. The Morgan fingerprint density at radius 1 is 1.12 bits per heavy atom. The van der Waals surface area contributed by atoms with Crippen molar-refractivity contribution in [3.05, 3.63) is 65.7 Å². The van der Waals surface area contributed by atoms with Gasteiger partial charge in [0.1, 0.15) is 11.8 Å². The summed E-state index contributed by atoms with van der Waals surface area (Å²) in [6.45, 7) is 3.42. The minimum atomic E-state index is -0.737. The fourth-order valence-corrected chi connectivity index (χ4v) is 2.05. The lowest BCUT2D eigenvalue weighted by Crippen LogP contribution is -2.40. The van der Waals surface area contributed by atoms with E-state index in [2.05, 4.69) is 10.6 Å². The van der Waals surface area contributed by atoms with Crippen molar-refractivity contribution in [1.82, 2.24) is 5.32 Å². The molecule has 0 saturated carbocycles. The average molecular weight is 324 g/mol. The Labute approximate surface area is 141 Å². The van der Waals surface area contributed by atoms with Gasteiger partial charge in [-0.15, -0.1) is 0 Å². The normalized spacial score (nSPS) is 11.9. The van der Waals surface area contributed by atoms with Crippen LogP contribution in [0.15, 0.2) is 54.6 Å². The number of carbonyl (C=O) groups is 2. The molecule has 3 N–H and O–H groups in total. The van der Waals surface area contributed by atoms with Gasteiger partial charge in [-0.3, -0.25) is 9.59 Å². The summed E-state index contributed by atoms with van der Waals surface area (Å²) in [5, 5.41) is 15.0. The number of nitrogens with one attached hydrogen (secondary N) is 2. The Bertz CT molecular complexity index is 754. The number of hydrogen-bond donors (Lipinski definition) is 3. The Hall–Kier alpha value is -3.08. The molecule has 124 valence electrons. The fourth-order valence-electron chi connectivity index (χ4n) is 2.05. The van der Waals surface area contributed by atoms with Crippen molar-refractivity contribution in [2.75, 3.05) is 5.32 Å². The van der Waals surface area contributed by atoms with E-state index in [9.17, 15) is 14.7 Å². The topological polar surface area (TPSA) is 78.4 Å². The summed E-state index contributed by atoms with van der Waals surface area (Å²) < 4.78 is 0. The molecular weight excluding hydrogens is 304 g/mol. The Kier molecular flexibility index (Phi) is 5.73. The first-order valence-corrected chi connectivity index (χ1v) is 7.60. The van der Waals surface area contributed by atoms with Gasteiger partial charge >= 0.3 is 0 Å². The van der Waals surface area contributed by atoms with Crippen molar-refractivity contribution in [1.29, 1.82) is 0 Å². The predicted octanol–water partition coefficient (Wildman–Crippen LogP) is 2.86. The van der Waals surface area contributed by atoms with Crippen molar-refractivity contribution in [2.45, 2.75) is 19.9 Å². The number of phenolic OH excluding ortho intramolecular Hbond substituents is 1. The molecule has 1 unspecified atom stereocenters. The van der Waals surface area contributed by atoms with Gasteiger partial charge in [-0.2, -0.15) is 0 Å². The third-order valence-corrected chi connectivity index (χ3v) is 3.39. The zero-order valence-electron chi connectivity index (χ0n) is 13.6. The minimum absolute atomic E-state index is 0.00847. The van der Waals surface area contributed by atoms with Crippen LogP contribution in [0.25, 0.3) is 6.08 Å². The number of phenols is 1. The van der Waals surface area contributed by atoms with Crippen molar-refractivity contribution < 1.29 is 14.7 Å². The molecule has 2 amide bonds. The summed E-state index contributed by atoms with van der Waals surface area (Å²) >= 11 is 0. The molecule has 0 aliphatic heterocycles. The summed E-state index contributed by atoms with van der Waals surface area (Å²) in [5.41, 5.74) is 2.10. The largest absolute Gasteiger partial charge is 0.506 e. The summed E-state index contributed by atoms with van der Waals surface area (Å²) in [6.07, 6.45) is 3.05. The highest BCUT2D eigenvalue weighted by atomic mass is 16.3. The third kappa shape index (κ3) is 4.98. The third-order valence-electron chi connectivity index (χ3n) is 3.39. The van der Waals surface area contributed by atoms with Crippen LogP contribution >= 0.6 is 0 Å². The van der Waals surface area contributed by atoms with Crippen LogP contribution in [-0.2, 0) is 9.59 Å². The van der Waals surface area contributed by atoms with Gasteiger partial charge in [-0.25, -0.2) is 0 Å². The monoisotopic (exact) mass is 324 g/mol. The molecule has 5 heteroatoms. The molecular formula is C19H20N2O3. The maximum absolute atomic E-state index is 12.1. The van der Waals surface area contributed by atoms with Gasteiger partial charge in [-0.05, 0) is 43.2 Å². The van der Waals surface area contributed by atoms with Crippen molar-refractivity contribution in [3.63, 3.8) is 0 Å². The van der Waals surface area contributed by atoms with Crippen LogP contribution in [0.2, 0.25) is 0 Å². The number of benzene rings is 2. The number of aromatic hydroxyl groups is 1. The number of amides is 2. The number of carbonyl (C=O) groups excluding carboxylic acids is 2. The van der Waals surface area contributed by atoms with Crippen LogP contribution in [0.4, 0.5) is 5.69 Å². The van der Waals surface area contributed by atoms with E-state index >= 15 is 0 Å². The van der Waals surface area contributed by atoms with Gasteiger partial charge in [0.15, 0.2) is 0 Å². The zero-order valence-corrected chi connectivity index (χ0v) is 13.6. The summed E-state index contributed by atoms with van der Waals surface area (Å²) in [6, 6.07) is 13.6. The molecule has 0 bridgehead atoms. The molecule has 0 saturated heterocycles. The molecule has 2 aromatic rings. The Balaban J connectivity index is 1.91. The molecule has 2 rings (SSSR count). The molecule has 0 aliphatic carbocycles. The molecule has 0 fully saturated rings. The number of hydrogen-bond acceptors (Lipinski definition) is 3. The summed E-state index contributed by atoms with van der Waals surface area (Å²) in [5.74, 6) is -0.781. The van der Waals surface area contributed by atoms with E-state index in [1.165, 1.54) is 6.08 Å². The van der Waals surface area contributed by atoms with E-state index < -0.39 is 11.9 Å². The second-order valence-corrected chi connectivity index (χ2v) is 5.48. The Morgan fingerprint density at radius 3 is 2.50 bits per heavy atom. The number of rotatable bonds is 5. The first-order valence-electron chi connectivity index (χ1n) is 7.60. The van der Waals surface area contributed by atoms with E-state index in [0.717, 1.165) is 11.1 Å². The highest BCUT2D eigenvalue weighted by Crippen LogP contribution is 2.23. The van der Waals surface area contributed by atoms with E-state index in [-0.39, 0.29) is 11.7 Å². The molecule has 0 heterocycles. The Morgan fingerprint density at radius 2 is 1.83 bits per heavy atom.